The minimum Gasteiger partial charge on any atom is -0.452 e. The summed E-state index contributed by atoms with van der Waals surface area (Å²) in [5.74, 6) is -0.869. The summed E-state index contributed by atoms with van der Waals surface area (Å²) in [6.45, 7) is 3.69. The van der Waals surface area contributed by atoms with Crippen molar-refractivity contribution in [2.24, 2.45) is 0 Å². The van der Waals surface area contributed by atoms with Crippen molar-refractivity contribution in [2.75, 3.05) is 6.61 Å². The monoisotopic (exact) mass is 423 g/mol. The molecule has 1 amide bonds. The number of nitrogens with one attached hydrogen (secondary N) is 1. The van der Waals surface area contributed by atoms with Gasteiger partial charge in [0.15, 0.2) is 6.61 Å². The van der Waals surface area contributed by atoms with E-state index < -0.39 is 5.97 Å². The highest BCUT2D eigenvalue weighted by Gasteiger charge is 2.12. The standard InChI is InChI=1S/C23H25N3O3S/c1-3-8-17(2)24-21(27)16-29-22(28)13-12-18-15-26(19-9-5-4-6-10-19)25-23(18)20-11-7-14-30-20/h4-7,9-15,17H,3,8,16H2,1-2H3,(H,24,27)/b13-12+/t17-/m1/s1. The fourth-order valence-electron chi connectivity index (χ4n) is 2.99. The second-order valence-corrected chi connectivity index (χ2v) is 7.84. The van der Waals surface area contributed by atoms with Gasteiger partial charge in [0.1, 0.15) is 5.69 Å². The van der Waals surface area contributed by atoms with Gasteiger partial charge < -0.3 is 10.1 Å². The predicted octanol–water partition coefficient (Wildman–Crippen LogP) is 4.46. The van der Waals surface area contributed by atoms with Crippen molar-refractivity contribution >= 4 is 29.3 Å². The van der Waals surface area contributed by atoms with Crippen molar-refractivity contribution in [3.05, 3.63) is 65.7 Å². The van der Waals surface area contributed by atoms with E-state index in [0.29, 0.717) is 0 Å². The van der Waals surface area contributed by atoms with Gasteiger partial charge >= 0.3 is 5.97 Å². The van der Waals surface area contributed by atoms with E-state index in [9.17, 15) is 9.59 Å². The molecule has 6 nitrogen and oxygen atoms in total. The van der Waals surface area contributed by atoms with Gasteiger partial charge in [-0.05, 0) is 43.0 Å². The summed E-state index contributed by atoms with van der Waals surface area (Å²) in [4.78, 5) is 24.9. The van der Waals surface area contributed by atoms with Crippen molar-refractivity contribution in [1.82, 2.24) is 15.1 Å². The van der Waals surface area contributed by atoms with Crippen LogP contribution in [0.4, 0.5) is 0 Å². The van der Waals surface area contributed by atoms with Crippen LogP contribution in [0.25, 0.3) is 22.3 Å². The van der Waals surface area contributed by atoms with Crippen LogP contribution in [-0.4, -0.2) is 34.3 Å². The van der Waals surface area contributed by atoms with Crippen molar-refractivity contribution in [3.63, 3.8) is 0 Å². The molecule has 1 aromatic carbocycles. The van der Waals surface area contributed by atoms with Gasteiger partial charge in [0.25, 0.3) is 5.91 Å². The van der Waals surface area contributed by atoms with Gasteiger partial charge in [0.05, 0.1) is 10.6 Å². The summed E-state index contributed by atoms with van der Waals surface area (Å²) in [6, 6.07) is 13.8. The van der Waals surface area contributed by atoms with Gasteiger partial charge in [-0.25, -0.2) is 9.48 Å². The van der Waals surface area contributed by atoms with Crippen LogP contribution in [0.2, 0.25) is 0 Å². The van der Waals surface area contributed by atoms with E-state index in [0.717, 1.165) is 34.7 Å². The minimum absolute atomic E-state index is 0.0638. The number of para-hydroxylation sites is 1. The third-order valence-corrected chi connectivity index (χ3v) is 5.27. The Kier molecular flexibility index (Phi) is 7.57. The number of nitrogens with zero attached hydrogens (tertiary/aromatic N) is 2. The number of ether oxygens (including phenoxy) is 1. The number of hydrogen-bond acceptors (Lipinski definition) is 5. The third-order valence-electron chi connectivity index (χ3n) is 4.39. The Morgan fingerprint density at radius 3 is 2.73 bits per heavy atom. The lowest BCUT2D eigenvalue weighted by Crippen LogP contribution is -2.35. The first-order valence-electron chi connectivity index (χ1n) is 9.90. The summed E-state index contributed by atoms with van der Waals surface area (Å²) in [5.41, 5.74) is 2.50. The molecule has 0 spiro atoms. The molecule has 1 N–H and O–H groups in total. The first kappa shape index (κ1) is 21.5. The molecular formula is C23H25N3O3S. The fourth-order valence-corrected chi connectivity index (χ4v) is 3.72. The molecule has 0 saturated heterocycles. The molecule has 7 heteroatoms. The van der Waals surface area contributed by atoms with Crippen molar-refractivity contribution in [3.8, 4) is 16.3 Å². The number of benzene rings is 1. The highest BCUT2D eigenvalue weighted by molar-refractivity contribution is 7.13. The van der Waals surface area contributed by atoms with E-state index in [1.54, 1.807) is 22.1 Å². The van der Waals surface area contributed by atoms with Crippen LogP contribution < -0.4 is 5.32 Å². The van der Waals surface area contributed by atoms with Crippen LogP contribution in [0.3, 0.4) is 0 Å². The lowest BCUT2D eigenvalue weighted by atomic mass is 10.2. The van der Waals surface area contributed by atoms with Gasteiger partial charge in [0, 0.05) is 23.9 Å². The zero-order chi connectivity index (χ0) is 21.3. The fraction of sp³-hybridized carbons (Fsp3) is 0.261. The molecule has 0 radical (unpaired) electrons. The summed E-state index contributed by atoms with van der Waals surface area (Å²) in [7, 11) is 0. The van der Waals surface area contributed by atoms with Crippen LogP contribution in [0, 0.1) is 0 Å². The average molecular weight is 424 g/mol. The predicted molar refractivity (Wildman–Crippen MR) is 119 cm³/mol. The number of rotatable bonds is 9. The molecule has 0 aliphatic rings. The normalized spacial score (nSPS) is 12.1. The molecule has 0 aliphatic heterocycles. The largest absolute Gasteiger partial charge is 0.452 e. The maximum Gasteiger partial charge on any atom is 0.331 e. The first-order valence-corrected chi connectivity index (χ1v) is 10.8. The minimum atomic E-state index is -0.571. The number of hydrogen-bond donors (Lipinski definition) is 1. The van der Waals surface area contributed by atoms with Gasteiger partial charge in [0.2, 0.25) is 0 Å². The maximum absolute atomic E-state index is 12.1. The zero-order valence-corrected chi connectivity index (χ0v) is 17.9. The van der Waals surface area contributed by atoms with Gasteiger partial charge in [-0.1, -0.05) is 37.6 Å². The summed E-state index contributed by atoms with van der Waals surface area (Å²) in [5, 5.41) is 9.47. The van der Waals surface area contributed by atoms with Gasteiger partial charge in [-0.3, -0.25) is 4.79 Å². The van der Waals surface area contributed by atoms with Crippen LogP contribution >= 0.6 is 11.3 Å². The Bertz CT molecular complexity index is 994. The Hall–Kier alpha value is -3.19. The molecule has 0 aliphatic carbocycles. The molecule has 156 valence electrons. The molecule has 0 bridgehead atoms. The van der Waals surface area contributed by atoms with Crippen molar-refractivity contribution < 1.29 is 14.3 Å². The summed E-state index contributed by atoms with van der Waals surface area (Å²) in [6.07, 6.45) is 6.73. The van der Waals surface area contributed by atoms with Crippen LogP contribution in [0.15, 0.2) is 60.1 Å². The first-order chi connectivity index (χ1) is 14.6. The van der Waals surface area contributed by atoms with E-state index >= 15 is 0 Å². The van der Waals surface area contributed by atoms with E-state index in [2.05, 4.69) is 17.3 Å². The van der Waals surface area contributed by atoms with Gasteiger partial charge in [-0.15, -0.1) is 11.3 Å². The Labute approximate surface area is 180 Å². The molecule has 30 heavy (non-hydrogen) atoms. The van der Waals surface area contributed by atoms with E-state index in [-0.39, 0.29) is 18.6 Å². The van der Waals surface area contributed by atoms with Crippen LogP contribution in [0.1, 0.15) is 32.3 Å². The number of amides is 1. The Morgan fingerprint density at radius 1 is 1.23 bits per heavy atom. The quantitative estimate of drug-likeness (QED) is 0.407. The van der Waals surface area contributed by atoms with E-state index in [4.69, 9.17) is 4.74 Å². The Balaban J connectivity index is 1.69. The van der Waals surface area contributed by atoms with Crippen molar-refractivity contribution in [1.29, 1.82) is 0 Å². The SMILES string of the molecule is CCC[C@@H](C)NC(=O)COC(=O)/C=C/c1cn(-c2ccccc2)nc1-c1cccs1. The van der Waals surface area contributed by atoms with Crippen LogP contribution in [-0.2, 0) is 14.3 Å². The summed E-state index contributed by atoms with van der Waals surface area (Å²) >= 11 is 1.58. The topological polar surface area (TPSA) is 73.2 Å². The van der Waals surface area contributed by atoms with E-state index in [1.165, 1.54) is 6.08 Å². The molecule has 0 fully saturated rings. The third kappa shape index (κ3) is 5.90. The van der Waals surface area contributed by atoms with E-state index in [1.807, 2.05) is 61.0 Å². The lowest BCUT2D eigenvalue weighted by molar-refractivity contribution is -0.144. The number of esters is 1. The number of carbonyl (C=O) groups is 2. The highest BCUT2D eigenvalue weighted by atomic mass is 32.1. The number of thiophene rings is 1. The lowest BCUT2D eigenvalue weighted by Gasteiger charge is -2.12. The van der Waals surface area contributed by atoms with Crippen molar-refractivity contribution in [2.45, 2.75) is 32.7 Å². The molecule has 0 saturated carbocycles. The Morgan fingerprint density at radius 2 is 2.03 bits per heavy atom. The molecule has 3 aromatic rings. The second-order valence-electron chi connectivity index (χ2n) is 6.89. The molecule has 3 rings (SSSR count). The molecule has 1 atom stereocenters. The molecule has 0 unspecified atom stereocenters. The number of aromatic nitrogens is 2. The zero-order valence-electron chi connectivity index (χ0n) is 17.1. The average Bonchev–Trinajstić information content (AvgIpc) is 3.41. The van der Waals surface area contributed by atoms with Gasteiger partial charge in [-0.2, -0.15) is 5.10 Å². The summed E-state index contributed by atoms with van der Waals surface area (Å²) < 4.78 is 6.84. The molecule has 2 aromatic heterocycles. The maximum atomic E-state index is 12.1. The number of carbonyl (C=O) groups excluding carboxylic acids is 2. The molecule has 2 heterocycles. The molecular weight excluding hydrogens is 398 g/mol. The second kappa shape index (κ2) is 10.5. The smallest absolute Gasteiger partial charge is 0.331 e. The van der Waals surface area contributed by atoms with Crippen LogP contribution in [0.5, 0.6) is 0 Å². The highest BCUT2D eigenvalue weighted by Crippen LogP contribution is 2.28.